The molecule has 2 aromatic carbocycles. The molecule has 0 fully saturated rings. The number of amidine groups is 1. The zero-order chi connectivity index (χ0) is 24.5. The lowest BCUT2D eigenvalue weighted by Gasteiger charge is -2.20. The highest BCUT2D eigenvalue weighted by Gasteiger charge is 2.38. The number of rotatable bonds is 4. The van der Waals surface area contributed by atoms with Crippen LogP contribution >= 0.6 is 39.0 Å². The van der Waals surface area contributed by atoms with E-state index in [-0.39, 0.29) is 11.8 Å². The molecular formula is C25H20BrN5O2S2. The fourth-order valence-electron chi connectivity index (χ4n) is 3.76. The van der Waals surface area contributed by atoms with Crippen LogP contribution in [0, 0.1) is 0 Å². The Morgan fingerprint density at radius 2 is 1.66 bits per heavy atom. The van der Waals surface area contributed by atoms with Crippen LogP contribution in [0.3, 0.4) is 0 Å². The van der Waals surface area contributed by atoms with Crippen molar-refractivity contribution < 1.29 is 9.59 Å². The van der Waals surface area contributed by atoms with Crippen molar-refractivity contribution in [2.45, 2.75) is 19.2 Å². The maximum absolute atomic E-state index is 12.7. The van der Waals surface area contributed by atoms with Crippen LogP contribution in [0.15, 0.2) is 87.9 Å². The summed E-state index contributed by atoms with van der Waals surface area (Å²) in [7, 11) is 0. The largest absolute Gasteiger partial charge is 0.274 e. The molecule has 35 heavy (non-hydrogen) atoms. The smallest absolute Gasteiger partial charge is 0.241 e. The second-order valence-corrected chi connectivity index (χ2v) is 11.2. The van der Waals surface area contributed by atoms with Gasteiger partial charge in [0.25, 0.3) is 0 Å². The summed E-state index contributed by atoms with van der Waals surface area (Å²) >= 11 is 6.46. The zero-order valence-corrected chi connectivity index (χ0v) is 22.0. The molecule has 0 saturated carbocycles. The van der Waals surface area contributed by atoms with Crippen LogP contribution in [-0.4, -0.2) is 31.8 Å². The fourth-order valence-corrected chi connectivity index (χ4v) is 6.43. The Morgan fingerprint density at radius 3 is 2.26 bits per heavy atom. The highest BCUT2D eigenvalue weighted by Crippen LogP contribution is 2.46. The molecule has 10 heteroatoms. The first kappa shape index (κ1) is 23.5. The van der Waals surface area contributed by atoms with Crippen LogP contribution in [0.2, 0.25) is 0 Å². The molecule has 0 radical (unpaired) electrons. The minimum atomic E-state index is -0.485. The lowest BCUT2D eigenvalue weighted by Crippen LogP contribution is -2.32. The number of carbonyl (C=O) groups is 2. The quantitative estimate of drug-likeness (QED) is 0.292. The summed E-state index contributed by atoms with van der Waals surface area (Å²) in [6, 6.07) is 23.1. The molecule has 0 N–H and O–H groups in total. The monoisotopic (exact) mass is 565 g/mol. The molecule has 5 rings (SSSR count). The van der Waals surface area contributed by atoms with Gasteiger partial charge in [-0.15, -0.1) is 16.4 Å². The number of thioether (sulfide) groups is 1. The first-order valence-corrected chi connectivity index (χ1v) is 13.2. The lowest BCUT2D eigenvalue weighted by molar-refractivity contribution is -0.129. The van der Waals surface area contributed by atoms with Gasteiger partial charge in [0.15, 0.2) is 5.17 Å². The summed E-state index contributed by atoms with van der Waals surface area (Å²) in [5.41, 5.74) is 3.19. The van der Waals surface area contributed by atoms with Crippen LogP contribution in [0.4, 0.5) is 5.69 Å². The third-order valence-corrected chi connectivity index (χ3v) is 8.09. The van der Waals surface area contributed by atoms with Gasteiger partial charge in [-0.1, -0.05) is 48.2 Å². The van der Waals surface area contributed by atoms with E-state index in [1.807, 2.05) is 83.7 Å². The highest BCUT2D eigenvalue weighted by atomic mass is 79.9. The third-order valence-electron chi connectivity index (χ3n) is 5.31. The van der Waals surface area contributed by atoms with Gasteiger partial charge in [0.2, 0.25) is 11.8 Å². The molecule has 0 spiro atoms. The third kappa shape index (κ3) is 4.69. The summed E-state index contributed by atoms with van der Waals surface area (Å²) in [4.78, 5) is 27.8. The number of aromatic nitrogens is 2. The van der Waals surface area contributed by atoms with E-state index in [9.17, 15) is 9.59 Å². The number of anilines is 1. The molecular weight excluding hydrogens is 546 g/mol. The van der Waals surface area contributed by atoms with Gasteiger partial charge in [-0.05, 0) is 52.3 Å². The molecule has 1 atom stereocenters. The fraction of sp³-hybridized carbons (Fsp3) is 0.120. The SMILES string of the molecule is CC(=O)N(C1=NN(C(C)=O)C(c2cn(-c3ccccc3)nc2-c2ccc(Br)s2)S1)c1ccccc1. The van der Waals surface area contributed by atoms with Crippen LogP contribution in [0.5, 0.6) is 0 Å². The molecule has 0 bridgehead atoms. The average molecular weight is 567 g/mol. The van der Waals surface area contributed by atoms with Crippen LogP contribution in [-0.2, 0) is 9.59 Å². The van der Waals surface area contributed by atoms with E-state index in [4.69, 9.17) is 5.10 Å². The summed E-state index contributed by atoms with van der Waals surface area (Å²) in [6.07, 6.45) is 1.94. The van der Waals surface area contributed by atoms with Gasteiger partial charge < -0.3 is 0 Å². The summed E-state index contributed by atoms with van der Waals surface area (Å²) < 4.78 is 2.80. The minimum absolute atomic E-state index is 0.186. The number of nitrogens with zero attached hydrogens (tertiary/aromatic N) is 5. The van der Waals surface area contributed by atoms with E-state index in [0.717, 1.165) is 25.6 Å². The van der Waals surface area contributed by atoms with Crippen LogP contribution in [0.1, 0.15) is 24.8 Å². The van der Waals surface area contributed by atoms with E-state index < -0.39 is 5.37 Å². The number of benzene rings is 2. The van der Waals surface area contributed by atoms with Gasteiger partial charge in [0.1, 0.15) is 11.1 Å². The van der Waals surface area contributed by atoms with E-state index >= 15 is 0 Å². The Balaban J connectivity index is 1.60. The molecule has 0 saturated heterocycles. The van der Waals surface area contributed by atoms with Crippen molar-refractivity contribution in [3.8, 4) is 16.3 Å². The molecule has 1 unspecified atom stereocenters. The van der Waals surface area contributed by atoms with Crippen molar-refractivity contribution in [3.63, 3.8) is 0 Å². The molecule has 7 nitrogen and oxygen atoms in total. The van der Waals surface area contributed by atoms with E-state index in [1.165, 1.54) is 35.5 Å². The number of carbonyl (C=O) groups excluding carboxylic acids is 2. The Hall–Kier alpha value is -3.21. The highest BCUT2D eigenvalue weighted by molar-refractivity contribution is 9.11. The van der Waals surface area contributed by atoms with Crippen molar-refractivity contribution in [1.29, 1.82) is 0 Å². The number of para-hydroxylation sites is 2. The van der Waals surface area contributed by atoms with Gasteiger partial charge in [-0.3, -0.25) is 14.5 Å². The first-order chi connectivity index (χ1) is 16.9. The number of amides is 2. The number of halogens is 1. The first-order valence-electron chi connectivity index (χ1n) is 10.7. The van der Waals surface area contributed by atoms with Gasteiger partial charge in [0.05, 0.1) is 20.0 Å². The Labute approximate surface area is 219 Å². The Bertz CT molecular complexity index is 1420. The van der Waals surface area contributed by atoms with E-state index in [1.54, 1.807) is 11.3 Å². The molecule has 176 valence electrons. The predicted molar refractivity (Wildman–Crippen MR) is 144 cm³/mol. The Kier molecular flexibility index (Phi) is 6.59. The molecule has 3 heterocycles. The van der Waals surface area contributed by atoms with E-state index in [2.05, 4.69) is 21.0 Å². The number of hydrazone groups is 1. The van der Waals surface area contributed by atoms with Gasteiger partial charge in [0, 0.05) is 25.6 Å². The summed E-state index contributed by atoms with van der Waals surface area (Å²) in [5.74, 6) is -0.408. The Morgan fingerprint density at radius 1 is 0.971 bits per heavy atom. The van der Waals surface area contributed by atoms with Crippen LogP contribution < -0.4 is 4.90 Å². The van der Waals surface area contributed by atoms with Crippen molar-refractivity contribution in [3.05, 3.63) is 88.3 Å². The lowest BCUT2D eigenvalue weighted by atomic mass is 10.2. The zero-order valence-electron chi connectivity index (χ0n) is 18.8. The topological polar surface area (TPSA) is 70.8 Å². The van der Waals surface area contributed by atoms with Crippen molar-refractivity contribution in [1.82, 2.24) is 14.8 Å². The molecule has 4 aromatic rings. The minimum Gasteiger partial charge on any atom is -0.274 e. The molecule has 2 aromatic heterocycles. The maximum atomic E-state index is 12.7. The average Bonchev–Trinajstić information content (AvgIpc) is 3.58. The van der Waals surface area contributed by atoms with Crippen molar-refractivity contribution in [2.75, 3.05) is 4.90 Å². The van der Waals surface area contributed by atoms with Gasteiger partial charge in [-0.2, -0.15) is 5.10 Å². The molecule has 0 aliphatic carbocycles. The van der Waals surface area contributed by atoms with Gasteiger partial charge >= 0.3 is 0 Å². The molecule has 1 aliphatic rings. The number of hydrogen-bond acceptors (Lipinski definition) is 6. The second kappa shape index (κ2) is 9.80. The standard InChI is InChI=1S/C25H20BrN5O2S2/c1-16(32)30(19-11-7-4-8-12-19)25-28-31(17(2)33)24(35-25)20-15-29(18-9-5-3-6-10-18)27-23(20)21-13-14-22(26)34-21/h3-15,24H,1-2H3. The number of hydrogen-bond donors (Lipinski definition) is 0. The van der Waals surface area contributed by atoms with Gasteiger partial charge in [-0.25, -0.2) is 9.69 Å². The van der Waals surface area contributed by atoms with Crippen LogP contribution in [0.25, 0.3) is 16.3 Å². The summed E-state index contributed by atoms with van der Waals surface area (Å²) in [5, 5.41) is 10.9. The molecule has 1 aliphatic heterocycles. The normalized spacial score (nSPS) is 15.2. The predicted octanol–water partition coefficient (Wildman–Crippen LogP) is 6.28. The van der Waals surface area contributed by atoms with E-state index in [0.29, 0.717) is 10.9 Å². The molecule has 2 amide bonds. The number of thiophene rings is 1. The second-order valence-electron chi connectivity index (χ2n) is 7.72. The van der Waals surface area contributed by atoms with Crippen molar-refractivity contribution in [2.24, 2.45) is 5.10 Å². The maximum Gasteiger partial charge on any atom is 0.241 e. The van der Waals surface area contributed by atoms with Crippen molar-refractivity contribution >= 4 is 61.7 Å². The summed E-state index contributed by atoms with van der Waals surface area (Å²) in [6.45, 7) is 2.97.